The Bertz CT molecular complexity index is 624. The van der Waals surface area contributed by atoms with Gasteiger partial charge in [-0.25, -0.2) is 13.1 Å². The second-order valence-corrected chi connectivity index (χ2v) is 6.86. The summed E-state index contributed by atoms with van der Waals surface area (Å²) in [6, 6.07) is 4.01. The van der Waals surface area contributed by atoms with Crippen LogP contribution in [0.25, 0.3) is 0 Å². The van der Waals surface area contributed by atoms with Crippen molar-refractivity contribution < 1.29 is 13.3 Å². The number of aryl methyl sites for hydroxylation is 1. The number of rotatable bonds is 7. The van der Waals surface area contributed by atoms with Crippen molar-refractivity contribution in [3.05, 3.63) is 33.9 Å². The second-order valence-electron chi connectivity index (χ2n) is 5.12. The molecule has 0 aliphatic heterocycles. The molecule has 0 atom stereocenters. The van der Waals surface area contributed by atoms with Crippen LogP contribution in [0.15, 0.2) is 23.1 Å². The van der Waals surface area contributed by atoms with Gasteiger partial charge in [-0.1, -0.05) is 19.9 Å². The summed E-state index contributed by atoms with van der Waals surface area (Å²) in [5.41, 5.74) is 5.57. The molecule has 0 aromatic heterocycles. The van der Waals surface area contributed by atoms with E-state index in [4.69, 9.17) is 5.73 Å². The number of nitro groups is 1. The molecule has 0 unspecified atom stereocenters. The average Bonchev–Trinajstić information content (AvgIpc) is 2.44. The minimum absolute atomic E-state index is 0.0351. The van der Waals surface area contributed by atoms with Gasteiger partial charge in [-0.05, 0) is 31.4 Å². The van der Waals surface area contributed by atoms with Crippen molar-refractivity contribution in [1.29, 1.82) is 0 Å². The maximum absolute atomic E-state index is 12.3. The highest BCUT2D eigenvalue weighted by atomic mass is 32.2. The lowest BCUT2D eigenvalue weighted by Crippen LogP contribution is -2.49. The highest BCUT2D eigenvalue weighted by molar-refractivity contribution is 7.89. The summed E-state index contributed by atoms with van der Waals surface area (Å²) in [5.74, 6) is 0. The lowest BCUT2D eigenvalue weighted by atomic mass is 9.95. The molecule has 0 saturated carbocycles. The van der Waals surface area contributed by atoms with E-state index in [-0.39, 0.29) is 11.4 Å². The highest BCUT2D eigenvalue weighted by Crippen LogP contribution is 2.25. The summed E-state index contributed by atoms with van der Waals surface area (Å²) in [7, 11) is -3.98. The molecule has 21 heavy (non-hydrogen) atoms. The van der Waals surface area contributed by atoms with E-state index in [0.717, 1.165) is 0 Å². The van der Waals surface area contributed by atoms with E-state index < -0.39 is 26.2 Å². The second kappa shape index (κ2) is 6.50. The van der Waals surface area contributed by atoms with Crippen molar-refractivity contribution in [3.8, 4) is 0 Å². The van der Waals surface area contributed by atoms with E-state index in [1.165, 1.54) is 18.2 Å². The Morgan fingerprint density at radius 1 is 1.33 bits per heavy atom. The molecule has 0 spiro atoms. The van der Waals surface area contributed by atoms with Gasteiger partial charge in [0.2, 0.25) is 10.0 Å². The zero-order chi connectivity index (χ0) is 16.3. The average molecular weight is 315 g/mol. The molecule has 0 fully saturated rings. The molecule has 8 heteroatoms. The minimum atomic E-state index is -3.98. The molecule has 0 aliphatic rings. The third kappa shape index (κ3) is 4.23. The first-order valence-electron chi connectivity index (χ1n) is 6.69. The monoisotopic (exact) mass is 315 g/mol. The topological polar surface area (TPSA) is 115 Å². The number of sulfonamides is 1. The van der Waals surface area contributed by atoms with Crippen molar-refractivity contribution in [3.63, 3.8) is 0 Å². The first kappa shape index (κ1) is 17.5. The summed E-state index contributed by atoms with van der Waals surface area (Å²) in [6.07, 6.45) is 1.20. The summed E-state index contributed by atoms with van der Waals surface area (Å²) in [4.78, 5) is 9.99. The lowest BCUT2D eigenvalue weighted by molar-refractivity contribution is -0.387. The molecular weight excluding hydrogens is 294 g/mol. The first-order chi connectivity index (χ1) is 9.65. The Balaban J connectivity index is 3.12. The van der Waals surface area contributed by atoms with Crippen LogP contribution >= 0.6 is 0 Å². The van der Waals surface area contributed by atoms with Gasteiger partial charge < -0.3 is 5.73 Å². The highest BCUT2D eigenvalue weighted by Gasteiger charge is 2.29. The van der Waals surface area contributed by atoms with Crippen LogP contribution in [0.2, 0.25) is 0 Å². The molecular formula is C13H21N3O4S. The number of nitrogens with zero attached hydrogens (tertiary/aromatic N) is 1. The van der Waals surface area contributed by atoms with Gasteiger partial charge >= 0.3 is 0 Å². The first-order valence-corrected chi connectivity index (χ1v) is 8.17. The van der Waals surface area contributed by atoms with Gasteiger partial charge in [0.1, 0.15) is 0 Å². The predicted octanol–water partition coefficient (Wildman–Crippen LogP) is 1.70. The Morgan fingerprint density at radius 3 is 2.38 bits per heavy atom. The predicted molar refractivity (Wildman–Crippen MR) is 80.5 cm³/mol. The van der Waals surface area contributed by atoms with Crippen LogP contribution in [0.5, 0.6) is 0 Å². The lowest BCUT2D eigenvalue weighted by Gasteiger charge is -2.26. The van der Waals surface area contributed by atoms with Gasteiger partial charge in [-0.15, -0.1) is 0 Å². The van der Waals surface area contributed by atoms with Crippen LogP contribution in [-0.4, -0.2) is 25.4 Å². The number of hydrogen-bond acceptors (Lipinski definition) is 5. The molecule has 0 bridgehead atoms. The molecule has 0 heterocycles. The molecule has 1 aromatic carbocycles. The zero-order valence-electron chi connectivity index (χ0n) is 12.4. The van der Waals surface area contributed by atoms with Gasteiger partial charge in [0.05, 0.1) is 4.92 Å². The van der Waals surface area contributed by atoms with Crippen molar-refractivity contribution in [2.45, 2.75) is 44.0 Å². The van der Waals surface area contributed by atoms with Crippen LogP contribution < -0.4 is 10.5 Å². The van der Waals surface area contributed by atoms with Crippen molar-refractivity contribution >= 4 is 15.7 Å². The molecule has 7 nitrogen and oxygen atoms in total. The van der Waals surface area contributed by atoms with Gasteiger partial charge in [0, 0.05) is 18.2 Å². The molecule has 0 aliphatic carbocycles. The Kier molecular flexibility index (Phi) is 5.43. The fraction of sp³-hybridized carbons (Fsp3) is 0.538. The van der Waals surface area contributed by atoms with Gasteiger partial charge in [0.25, 0.3) is 5.69 Å². The van der Waals surface area contributed by atoms with Crippen LogP contribution in [-0.2, 0) is 10.0 Å². The van der Waals surface area contributed by atoms with Crippen LogP contribution in [0.3, 0.4) is 0 Å². The van der Waals surface area contributed by atoms with Gasteiger partial charge in [0.15, 0.2) is 4.90 Å². The smallest absolute Gasteiger partial charge is 0.289 e. The van der Waals surface area contributed by atoms with Crippen LogP contribution in [0.1, 0.15) is 32.3 Å². The van der Waals surface area contributed by atoms with E-state index in [1.807, 2.05) is 13.8 Å². The van der Waals surface area contributed by atoms with E-state index in [1.54, 1.807) is 6.92 Å². The fourth-order valence-corrected chi connectivity index (χ4v) is 3.10. The standard InChI is InChI=1S/C13H21N3O4S/c1-4-13(14,5-2)9-15-21(19,20)12-7-6-10(3)8-11(12)16(17)18/h6-8,15H,4-5,9,14H2,1-3H3. The van der Waals surface area contributed by atoms with E-state index >= 15 is 0 Å². The van der Waals surface area contributed by atoms with Gasteiger partial charge in [-0.3, -0.25) is 10.1 Å². The third-order valence-electron chi connectivity index (χ3n) is 3.62. The number of hydrogen-bond donors (Lipinski definition) is 2. The number of nitro benzene ring substituents is 1. The zero-order valence-corrected chi connectivity index (χ0v) is 13.2. The van der Waals surface area contributed by atoms with Crippen molar-refractivity contribution in [1.82, 2.24) is 4.72 Å². The summed E-state index contributed by atoms with van der Waals surface area (Å²) >= 11 is 0. The Hall–Kier alpha value is -1.51. The SMILES string of the molecule is CCC(N)(CC)CNS(=O)(=O)c1ccc(C)cc1[N+](=O)[O-]. The Labute approximate surface area is 124 Å². The molecule has 1 rings (SSSR count). The van der Waals surface area contributed by atoms with E-state index in [0.29, 0.717) is 18.4 Å². The van der Waals surface area contributed by atoms with Crippen LogP contribution in [0, 0.1) is 17.0 Å². The number of nitrogens with one attached hydrogen (secondary N) is 1. The third-order valence-corrected chi connectivity index (χ3v) is 5.07. The largest absolute Gasteiger partial charge is 0.324 e. The molecule has 0 amide bonds. The normalized spacial score (nSPS) is 12.4. The maximum atomic E-state index is 12.3. The molecule has 118 valence electrons. The Morgan fingerprint density at radius 2 is 1.90 bits per heavy atom. The van der Waals surface area contributed by atoms with Gasteiger partial charge in [-0.2, -0.15) is 0 Å². The quantitative estimate of drug-likeness (QED) is 0.587. The molecule has 0 saturated heterocycles. The molecule has 0 radical (unpaired) electrons. The van der Waals surface area contributed by atoms with Crippen LogP contribution in [0.4, 0.5) is 5.69 Å². The number of benzene rings is 1. The summed E-state index contributed by atoms with van der Waals surface area (Å²) in [5, 5.41) is 11.0. The number of nitrogens with two attached hydrogens (primary N) is 1. The summed E-state index contributed by atoms with van der Waals surface area (Å²) < 4.78 is 26.9. The van der Waals surface area contributed by atoms with E-state index in [2.05, 4.69) is 4.72 Å². The summed E-state index contributed by atoms with van der Waals surface area (Å²) in [6.45, 7) is 5.43. The van der Waals surface area contributed by atoms with E-state index in [9.17, 15) is 18.5 Å². The molecule has 1 aromatic rings. The minimum Gasteiger partial charge on any atom is -0.324 e. The molecule has 3 N–H and O–H groups in total. The van der Waals surface area contributed by atoms with Crippen molar-refractivity contribution in [2.24, 2.45) is 5.73 Å². The fourth-order valence-electron chi connectivity index (χ4n) is 1.81. The maximum Gasteiger partial charge on any atom is 0.289 e. The van der Waals surface area contributed by atoms with Crippen molar-refractivity contribution in [2.75, 3.05) is 6.54 Å².